The Hall–Kier alpha value is -4.20. The molecule has 5 aromatic rings. The van der Waals surface area contributed by atoms with E-state index in [-0.39, 0.29) is 24.1 Å². The first-order valence-corrected chi connectivity index (χ1v) is 12.2. The van der Waals surface area contributed by atoms with Crippen molar-refractivity contribution in [1.82, 2.24) is 20.1 Å². The molecule has 0 spiro atoms. The van der Waals surface area contributed by atoms with Gasteiger partial charge in [-0.1, -0.05) is 54.1 Å². The zero-order chi connectivity index (χ0) is 25.8. The molecule has 3 aromatic carbocycles. The number of hydrogen-bond donors (Lipinski definition) is 2. The molecule has 8 heteroatoms. The summed E-state index contributed by atoms with van der Waals surface area (Å²) in [6.45, 7) is 0.758. The lowest BCUT2D eigenvalue weighted by Crippen LogP contribution is -2.23. The van der Waals surface area contributed by atoms with Crippen molar-refractivity contribution in [1.29, 1.82) is 0 Å². The van der Waals surface area contributed by atoms with Crippen LogP contribution in [0.15, 0.2) is 95.9 Å². The first kappa shape index (κ1) is 24.5. The molecule has 0 aliphatic heterocycles. The maximum Gasteiger partial charge on any atom is 0.251 e. The summed E-state index contributed by atoms with van der Waals surface area (Å²) in [5, 5.41) is 11.7. The van der Waals surface area contributed by atoms with Gasteiger partial charge in [0.1, 0.15) is 6.10 Å². The number of nitrogens with zero attached hydrogens (tertiary/aromatic N) is 2. The Morgan fingerprint density at radius 2 is 1.86 bits per heavy atom. The molecule has 5 rings (SSSR count). The molecule has 7 nitrogen and oxygen atoms in total. The van der Waals surface area contributed by atoms with Crippen LogP contribution in [0.25, 0.3) is 10.9 Å². The summed E-state index contributed by atoms with van der Waals surface area (Å²) >= 11 is 6.11. The van der Waals surface area contributed by atoms with Gasteiger partial charge in [0.2, 0.25) is 0 Å². The average Bonchev–Trinajstić information content (AvgIpc) is 3.32. The second-order valence-electron chi connectivity index (χ2n) is 8.69. The number of nitrogens with one attached hydrogen (secondary N) is 2. The van der Waals surface area contributed by atoms with Crippen LogP contribution in [0.3, 0.4) is 0 Å². The molecule has 2 N–H and O–H groups in total. The fourth-order valence-corrected chi connectivity index (χ4v) is 4.51. The number of amides is 1. The van der Waals surface area contributed by atoms with E-state index in [0.29, 0.717) is 17.1 Å². The van der Waals surface area contributed by atoms with Crippen LogP contribution in [0, 0.1) is 0 Å². The van der Waals surface area contributed by atoms with Crippen LogP contribution < -0.4 is 10.9 Å². The zero-order valence-electron chi connectivity index (χ0n) is 20.1. The SMILES string of the molecule is COC(c1ccc(Cn2ccccc2=O)cc1)c1cccc(C(=O)NCc2n[nH]c3ccc(Cl)cc23)c1. The molecule has 0 fully saturated rings. The van der Waals surface area contributed by atoms with Crippen LogP contribution in [0.1, 0.15) is 38.8 Å². The van der Waals surface area contributed by atoms with E-state index in [1.54, 1.807) is 42.1 Å². The highest BCUT2D eigenvalue weighted by Crippen LogP contribution is 2.27. The molecule has 186 valence electrons. The van der Waals surface area contributed by atoms with E-state index in [4.69, 9.17) is 16.3 Å². The van der Waals surface area contributed by atoms with Gasteiger partial charge < -0.3 is 14.6 Å². The molecule has 2 aromatic heterocycles. The molecule has 0 saturated heterocycles. The van der Waals surface area contributed by atoms with E-state index < -0.39 is 0 Å². The van der Waals surface area contributed by atoms with Gasteiger partial charge in [0.25, 0.3) is 11.5 Å². The van der Waals surface area contributed by atoms with Crippen LogP contribution in [0.2, 0.25) is 5.02 Å². The largest absolute Gasteiger partial charge is 0.372 e. The highest BCUT2D eigenvalue weighted by molar-refractivity contribution is 6.31. The average molecular weight is 513 g/mol. The topological polar surface area (TPSA) is 89.0 Å². The van der Waals surface area contributed by atoms with Crippen LogP contribution in [-0.4, -0.2) is 27.8 Å². The minimum absolute atomic E-state index is 0.0410. The number of halogens is 1. The highest BCUT2D eigenvalue weighted by Gasteiger charge is 2.16. The van der Waals surface area contributed by atoms with Crippen molar-refractivity contribution in [2.75, 3.05) is 7.11 Å². The minimum Gasteiger partial charge on any atom is -0.372 e. The molecule has 1 unspecified atom stereocenters. The van der Waals surface area contributed by atoms with E-state index >= 15 is 0 Å². The van der Waals surface area contributed by atoms with Gasteiger partial charge in [0.15, 0.2) is 0 Å². The van der Waals surface area contributed by atoms with Crippen LogP contribution in [-0.2, 0) is 17.8 Å². The summed E-state index contributed by atoms with van der Waals surface area (Å²) in [5.41, 5.74) is 4.88. The first-order chi connectivity index (χ1) is 18.0. The summed E-state index contributed by atoms with van der Waals surface area (Å²) in [4.78, 5) is 24.9. The molecule has 37 heavy (non-hydrogen) atoms. The Kier molecular flexibility index (Phi) is 7.16. The predicted molar refractivity (Wildman–Crippen MR) is 144 cm³/mol. The number of methoxy groups -OCH3 is 1. The fraction of sp³-hybridized carbons (Fsp3) is 0.138. The standard InChI is InChI=1S/C29H25ClN4O3/c1-37-28(20-10-8-19(9-11-20)18-34-14-3-2-7-27(34)35)21-5-4-6-22(15-21)29(36)31-17-26-24-16-23(30)12-13-25(24)32-33-26/h2-16,28H,17-18H2,1H3,(H,31,36)(H,32,33). The van der Waals surface area contributed by atoms with Gasteiger partial charge in [-0.3, -0.25) is 14.7 Å². The number of pyridine rings is 1. The quantitative estimate of drug-likeness (QED) is 0.303. The molecule has 0 radical (unpaired) electrons. The van der Waals surface area contributed by atoms with E-state index in [1.807, 2.05) is 60.7 Å². The number of ether oxygens (including phenoxy) is 1. The number of hydrogen-bond acceptors (Lipinski definition) is 4. The third-order valence-corrected chi connectivity index (χ3v) is 6.48. The van der Waals surface area contributed by atoms with Crippen molar-refractivity contribution in [3.05, 3.63) is 134 Å². The van der Waals surface area contributed by atoms with Crippen molar-refractivity contribution in [2.45, 2.75) is 19.2 Å². The van der Waals surface area contributed by atoms with Gasteiger partial charge >= 0.3 is 0 Å². The summed E-state index contributed by atoms with van der Waals surface area (Å²) < 4.78 is 7.46. The van der Waals surface area contributed by atoms with Gasteiger partial charge in [-0.2, -0.15) is 5.10 Å². The summed E-state index contributed by atoms with van der Waals surface area (Å²) in [6.07, 6.45) is 1.42. The Bertz CT molecular complexity index is 1610. The number of carbonyl (C=O) groups excluding carboxylic acids is 1. The number of carbonyl (C=O) groups is 1. The van der Waals surface area contributed by atoms with Crippen LogP contribution in [0.4, 0.5) is 0 Å². The Morgan fingerprint density at radius 3 is 2.65 bits per heavy atom. The predicted octanol–water partition coefficient (Wildman–Crippen LogP) is 5.09. The van der Waals surface area contributed by atoms with Crippen molar-refractivity contribution in [3.8, 4) is 0 Å². The molecule has 0 bridgehead atoms. The smallest absolute Gasteiger partial charge is 0.251 e. The Balaban J connectivity index is 1.29. The van der Waals surface area contributed by atoms with E-state index in [1.165, 1.54) is 0 Å². The third kappa shape index (κ3) is 5.48. The van der Waals surface area contributed by atoms with Crippen molar-refractivity contribution >= 4 is 28.4 Å². The molecular weight excluding hydrogens is 488 g/mol. The van der Waals surface area contributed by atoms with Crippen LogP contribution >= 0.6 is 11.6 Å². The van der Waals surface area contributed by atoms with Gasteiger partial charge in [-0.25, -0.2) is 0 Å². The summed E-state index contributed by atoms with van der Waals surface area (Å²) in [5.74, 6) is -0.210. The Morgan fingerprint density at radius 1 is 1.03 bits per heavy atom. The van der Waals surface area contributed by atoms with Gasteiger partial charge in [0.05, 0.1) is 24.3 Å². The molecule has 2 heterocycles. The first-order valence-electron chi connectivity index (χ1n) is 11.8. The number of rotatable bonds is 8. The number of benzene rings is 3. The van der Waals surface area contributed by atoms with E-state index in [0.717, 1.165) is 33.3 Å². The van der Waals surface area contributed by atoms with Gasteiger partial charge in [-0.05, 0) is 53.1 Å². The number of fused-ring (bicyclic) bond motifs is 1. The third-order valence-electron chi connectivity index (χ3n) is 6.24. The number of aromatic amines is 1. The second-order valence-corrected chi connectivity index (χ2v) is 9.13. The van der Waals surface area contributed by atoms with E-state index in [9.17, 15) is 9.59 Å². The lowest BCUT2D eigenvalue weighted by Gasteiger charge is -2.18. The van der Waals surface area contributed by atoms with Gasteiger partial charge in [0, 0.05) is 35.3 Å². The normalized spacial score (nSPS) is 11.9. The van der Waals surface area contributed by atoms with Crippen molar-refractivity contribution in [2.24, 2.45) is 0 Å². The van der Waals surface area contributed by atoms with Crippen LogP contribution in [0.5, 0.6) is 0 Å². The minimum atomic E-state index is -0.348. The second kappa shape index (κ2) is 10.8. The lowest BCUT2D eigenvalue weighted by atomic mass is 9.98. The van der Waals surface area contributed by atoms with Gasteiger partial charge in [-0.15, -0.1) is 0 Å². The Labute approximate surface area is 218 Å². The summed E-state index contributed by atoms with van der Waals surface area (Å²) in [6, 6.07) is 25.9. The molecule has 0 aliphatic rings. The molecule has 1 amide bonds. The monoisotopic (exact) mass is 512 g/mol. The number of H-pyrrole nitrogens is 1. The van der Waals surface area contributed by atoms with E-state index in [2.05, 4.69) is 15.5 Å². The van der Waals surface area contributed by atoms with Crippen molar-refractivity contribution in [3.63, 3.8) is 0 Å². The molecular formula is C29H25ClN4O3. The molecule has 0 aliphatic carbocycles. The lowest BCUT2D eigenvalue weighted by molar-refractivity contribution is 0.0950. The summed E-state index contributed by atoms with van der Waals surface area (Å²) in [7, 11) is 1.64. The maximum absolute atomic E-state index is 12.9. The zero-order valence-corrected chi connectivity index (χ0v) is 20.9. The number of aromatic nitrogens is 3. The van der Waals surface area contributed by atoms with Crippen molar-refractivity contribution < 1.29 is 9.53 Å². The molecule has 0 saturated carbocycles. The fourth-order valence-electron chi connectivity index (χ4n) is 4.33. The highest BCUT2D eigenvalue weighted by atomic mass is 35.5. The molecule has 1 atom stereocenters. The maximum atomic E-state index is 12.9.